The zero-order valence-electron chi connectivity index (χ0n) is 20.9. The van der Waals surface area contributed by atoms with E-state index in [9.17, 15) is 18.6 Å². The van der Waals surface area contributed by atoms with Crippen LogP contribution in [0.1, 0.15) is 23.1 Å². The molecule has 2 atom stereocenters. The van der Waals surface area contributed by atoms with E-state index in [2.05, 4.69) is 10.0 Å². The Morgan fingerprint density at radius 3 is 2.62 bits per heavy atom. The lowest BCUT2D eigenvalue weighted by molar-refractivity contribution is 0.105. The molecule has 1 unspecified atom stereocenters. The van der Waals surface area contributed by atoms with Gasteiger partial charge in [0.1, 0.15) is 36.6 Å². The normalized spacial score (nSPS) is 16.0. The highest BCUT2D eigenvalue weighted by Crippen LogP contribution is 2.31. The van der Waals surface area contributed by atoms with Crippen molar-refractivity contribution in [2.75, 3.05) is 30.7 Å². The molecule has 0 amide bonds. The Hall–Kier alpha value is -3.27. The van der Waals surface area contributed by atoms with Gasteiger partial charge in [0.25, 0.3) is 0 Å². The summed E-state index contributed by atoms with van der Waals surface area (Å²) in [6.07, 6.45) is 3.29. The lowest BCUT2D eigenvalue weighted by Gasteiger charge is -2.25. The molecule has 3 aromatic carbocycles. The van der Waals surface area contributed by atoms with E-state index in [1.807, 2.05) is 42.5 Å². The maximum Gasteiger partial charge on any atom is 0.229 e. The van der Waals surface area contributed by atoms with E-state index in [0.717, 1.165) is 37.6 Å². The third-order valence-corrected chi connectivity index (χ3v) is 6.85. The SMILES string of the molecule is CS(=O)(=O)Nc1cc(OC[C@@H](O)CNCC2CCc3ccc(O)cc3C2)ccc1OCc1ccccc1. The Labute approximate surface area is 218 Å². The lowest BCUT2D eigenvalue weighted by Crippen LogP contribution is -2.35. The Balaban J connectivity index is 1.26. The molecule has 1 aliphatic rings. The summed E-state index contributed by atoms with van der Waals surface area (Å²) in [5.74, 6) is 1.54. The van der Waals surface area contributed by atoms with Crippen LogP contribution in [0.3, 0.4) is 0 Å². The minimum Gasteiger partial charge on any atom is -0.508 e. The van der Waals surface area contributed by atoms with Crippen LogP contribution >= 0.6 is 0 Å². The van der Waals surface area contributed by atoms with Gasteiger partial charge in [-0.3, -0.25) is 4.72 Å². The Bertz CT molecular complexity index is 1280. The highest BCUT2D eigenvalue weighted by Gasteiger charge is 2.19. The van der Waals surface area contributed by atoms with Crippen molar-refractivity contribution in [2.24, 2.45) is 5.92 Å². The van der Waals surface area contributed by atoms with Crippen molar-refractivity contribution >= 4 is 15.7 Å². The van der Waals surface area contributed by atoms with Crippen molar-refractivity contribution in [2.45, 2.75) is 32.0 Å². The number of aliphatic hydroxyl groups is 1. The number of aliphatic hydroxyl groups excluding tert-OH is 1. The van der Waals surface area contributed by atoms with Crippen molar-refractivity contribution < 1.29 is 28.1 Å². The smallest absolute Gasteiger partial charge is 0.229 e. The number of nitrogens with one attached hydrogen (secondary N) is 2. The Morgan fingerprint density at radius 2 is 1.84 bits per heavy atom. The summed E-state index contributed by atoms with van der Waals surface area (Å²) in [7, 11) is -3.53. The molecule has 0 heterocycles. The van der Waals surface area contributed by atoms with Gasteiger partial charge in [-0.1, -0.05) is 36.4 Å². The Kier molecular flexibility index (Phi) is 8.91. The second-order valence-electron chi connectivity index (χ2n) is 9.49. The van der Waals surface area contributed by atoms with E-state index in [1.54, 1.807) is 24.3 Å². The first-order valence-corrected chi connectivity index (χ1v) is 14.3. The van der Waals surface area contributed by atoms with Gasteiger partial charge in [-0.15, -0.1) is 0 Å². The second-order valence-corrected chi connectivity index (χ2v) is 11.2. The number of phenols is 1. The fraction of sp³-hybridized carbons (Fsp3) is 0.357. The maximum atomic E-state index is 11.9. The van der Waals surface area contributed by atoms with Gasteiger partial charge in [-0.05, 0) is 72.7 Å². The quantitative estimate of drug-likeness (QED) is 0.285. The van der Waals surface area contributed by atoms with Crippen molar-refractivity contribution in [1.29, 1.82) is 0 Å². The summed E-state index contributed by atoms with van der Waals surface area (Å²) < 4.78 is 37.8. The number of phenolic OH excluding ortho intramolecular Hbond substituents is 1. The van der Waals surface area contributed by atoms with Gasteiger partial charge >= 0.3 is 0 Å². The molecule has 0 aliphatic heterocycles. The molecule has 0 bridgehead atoms. The predicted octanol–water partition coefficient (Wildman–Crippen LogP) is 3.48. The van der Waals surface area contributed by atoms with Crippen LogP contribution < -0.4 is 19.5 Å². The van der Waals surface area contributed by atoms with Crippen LogP contribution in [0.4, 0.5) is 5.69 Å². The summed E-state index contributed by atoms with van der Waals surface area (Å²) in [5.41, 5.74) is 3.71. The predicted molar refractivity (Wildman–Crippen MR) is 144 cm³/mol. The van der Waals surface area contributed by atoms with Gasteiger partial charge in [-0.25, -0.2) is 8.42 Å². The summed E-state index contributed by atoms with van der Waals surface area (Å²) in [6.45, 7) is 1.48. The van der Waals surface area contributed by atoms with Gasteiger partial charge in [-0.2, -0.15) is 0 Å². The molecule has 8 nitrogen and oxygen atoms in total. The molecule has 3 aromatic rings. The summed E-state index contributed by atoms with van der Waals surface area (Å²) in [5, 5.41) is 23.4. The molecule has 0 spiro atoms. The maximum absolute atomic E-state index is 11.9. The van der Waals surface area contributed by atoms with Crippen molar-refractivity contribution in [3.8, 4) is 17.2 Å². The standard InChI is InChI=1S/C28H34N2O6S/c1-37(33,34)30-27-15-26(11-12-28(27)36-18-20-5-3-2-4-6-20)35-19-25(32)17-29-16-21-7-8-22-9-10-24(31)14-23(22)13-21/h2-6,9-12,14-15,21,25,29-32H,7-8,13,16-19H2,1H3/t21?,25-/m0/s1. The molecule has 37 heavy (non-hydrogen) atoms. The van der Waals surface area contributed by atoms with Crippen LogP contribution in [0.5, 0.6) is 17.2 Å². The van der Waals surface area contributed by atoms with E-state index < -0.39 is 16.1 Å². The third-order valence-electron chi connectivity index (χ3n) is 6.26. The molecule has 9 heteroatoms. The topological polar surface area (TPSA) is 117 Å². The first-order chi connectivity index (χ1) is 17.7. The minimum absolute atomic E-state index is 0.0525. The van der Waals surface area contributed by atoms with E-state index in [4.69, 9.17) is 9.47 Å². The van der Waals surface area contributed by atoms with Gasteiger partial charge < -0.3 is 25.0 Å². The first-order valence-electron chi connectivity index (χ1n) is 12.4. The van der Waals surface area contributed by atoms with Crippen molar-refractivity contribution in [3.63, 3.8) is 0 Å². The average molecular weight is 527 g/mol. The number of aryl methyl sites for hydroxylation is 1. The van der Waals surface area contributed by atoms with Gasteiger partial charge in [0, 0.05) is 12.6 Å². The van der Waals surface area contributed by atoms with Crippen LogP contribution in [-0.2, 0) is 29.5 Å². The average Bonchev–Trinajstić information content (AvgIpc) is 2.86. The highest BCUT2D eigenvalue weighted by molar-refractivity contribution is 7.92. The number of ether oxygens (including phenoxy) is 2. The van der Waals surface area contributed by atoms with Crippen LogP contribution in [-0.4, -0.2) is 50.7 Å². The van der Waals surface area contributed by atoms with Crippen molar-refractivity contribution in [1.82, 2.24) is 5.32 Å². The fourth-order valence-electron chi connectivity index (χ4n) is 4.44. The molecular weight excluding hydrogens is 492 g/mol. The second kappa shape index (κ2) is 12.3. The number of fused-ring (bicyclic) bond motifs is 1. The molecule has 0 saturated carbocycles. The van der Waals surface area contributed by atoms with Crippen LogP contribution in [0, 0.1) is 5.92 Å². The van der Waals surface area contributed by atoms with E-state index in [0.29, 0.717) is 29.7 Å². The number of hydrogen-bond acceptors (Lipinski definition) is 7. The molecule has 198 valence electrons. The number of anilines is 1. The van der Waals surface area contributed by atoms with Crippen LogP contribution in [0.15, 0.2) is 66.7 Å². The molecule has 4 N–H and O–H groups in total. The monoisotopic (exact) mass is 526 g/mol. The molecule has 0 radical (unpaired) electrons. The van der Waals surface area contributed by atoms with Crippen LogP contribution in [0.25, 0.3) is 0 Å². The van der Waals surface area contributed by atoms with E-state index >= 15 is 0 Å². The Morgan fingerprint density at radius 1 is 1.03 bits per heavy atom. The summed E-state index contributed by atoms with van der Waals surface area (Å²) in [6, 6.07) is 20.0. The number of rotatable bonds is 12. The zero-order chi connectivity index (χ0) is 26.3. The van der Waals surface area contributed by atoms with Gasteiger partial charge in [0.15, 0.2) is 0 Å². The number of sulfonamides is 1. The molecule has 0 fully saturated rings. The molecule has 1 aliphatic carbocycles. The van der Waals surface area contributed by atoms with E-state index in [1.165, 1.54) is 11.1 Å². The fourth-order valence-corrected chi connectivity index (χ4v) is 5.00. The first kappa shape index (κ1) is 26.8. The lowest BCUT2D eigenvalue weighted by atomic mass is 9.84. The van der Waals surface area contributed by atoms with E-state index in [-0.39, 0.29) is 18.9 Å². The number of hydrogen-bond donors (Lipinski definition) is 4. The minimum atomic E-state index is -3.53. The molecular formula is C28H34N2O6S. The third kappa shape index (κ3) is 8.38. The van der Waals surface area contributed by atoms with Gasteiger partial charge in [0.05, 0.1) is 11.9 Å². The largest absolute Gasteiger partial charge is 0.508 e. The zero-order valence-corrected chi connectivity index (χ0v) is 21.7. The summed E-state index contributed by atoms with van der Waals surface area (Å²) in [4.78, 5) is 0. The molecule has 0 aromatic heterocycles. The van der Waals surface area contributed by atoms with Gasteiger partial charge in [0.2, 0.25) is 10.0 Å². The summed E-state index contributed by atoms with van der Waals surface area (Å²) >= 11 is 0. The number of benzene rings is 3. The number of aromatic hydroxyl groups is 1. The molecule has 0 saturated heterocycles. The highest BCUT2D eigenvalue weighted by atomic mass is 32.2. The van der Waals surface area contributed by atoms with Crippen molar-refractivity contribution in [3.05, 3.63) is 83.4 Å². The molecule has 4 rings (SSSR count). The van der Waals surface area contributed by atoms with Crippen LogP contribution in [0.2, 0.25) is 0 Å².